The topological polar surface area (TPSA) is 129 Å². The molecular weight excluding hydrogens is 1830 g/mol. The molecule has 0 N–H and O–H groups in total. The molecule has 0 radical (unpaired) electrons. The van der Waals surface area contributed by atoms with Gasteiger partial charge in [0.05, 0.1) is 38.6 Å². The summed E-state index contributed by atoms with van der Waals surface area (Å²) in [5, 5.41) is 0. The van der Waals surface area contributed by atoms with Gasteiger partial charge in [0.1, 0.15) is 58.4 Å². The maximum absolute atomic E-state index is 6.49. The van der Waals surface area contributed by atoms with Gasteiger partial charge in [0.2, 0.25) is 0 Å². The Morgan fingerprint density at radius 1 is 0.284 bits per heavy atom. The Bertz CT molecular complexity index is 5500. The van der Waals surface area contributed by atoms with Crippen LogP contribution < -0.4 is 37.9 Å². The average molecular weight is 2010 g/mol. The fraction of sp³-hybridized carbons (Fsp3) is 0.552. The molecule has 0 spiro atoms. The molecule has 0 aliphatic heterocycles. The third kappa shape index (κ3) is 29.0. The number of benzene rings is 8. The van der Waals surface area contributed by atoms with Gasteiger partial charge >= 0.3 is 0 Å². The molecule has 8 aromatic rings. The van der Waals surface area contributed by atoms with Crippen LogP contribution in [-0.2, 0) is 28.4 Å². The monoisotopic (exact) mass is 2010 g/mol. The summed E-state index contributed by atoms with van der Waals surface area (Å²) in [6.07, 6.45) is 41.8. The van der Waals surface area contributed by atoms with E-state index in [0.717, 1.165) is 252 Å². The van der Waals surface area contributed by atoms with Crippen molar-refractivity contribution in [3.8, 4) is 51.7 Å². The fourth-order valence-corrected chi connectivity index (χ4v) is 31.3. The summed E-state index contributed by atoms with van der Waals surface area (Å²) in [5.74, 6) is 26.3. The van der Waals surface area contributed by atoms with Gasteiger partial charge in [-0.05, 0) is 522 Å². The first-order valence-electron chi connectivity index (χ1n) is 57.2. The summed E-state index contributed by atoms with van der Waals surface area (Å²) in [6, 6.07) is 65.5. The molecule has 794 valence electrons. The van der Waals surface area contributed by atoms with Gasteiger partial charge in [-0.15, -0.1) is 0 Å². The lowest BCUT2D eigenvalue weighted by molar-refractivity contribution is -0.225. The van der Waals surface area contributed by atoms with E-state index in [2.05, 4.69) is 75.9 Å². The highest BCUT2D eigenvalue weighted by Crippen LogP contribution is 2.70. The van der Waals surface area contributed by atoms with E-state index in [0.29, 0.717) is 24.0 Å². The summed E-state index contributed by atoms with van der Waals surface area (Å²) >= 11 is 0. The molecule has 16 unspecified atom stereocenters. The molecule has 14 nitrogen and oxygen atoms in total. The van der Waals surface area contributed by atoms with Crippen LogP contribution in [0, 0.1) is 123 Å². The predicted molar refractivity (Wildman–Crippen MR) is 600 cm³/mol. The quantitative estimate of drug-likeness (QED) is 0.0205. The minimum absolute atomic E-state index is 0.103. The summed E-state index contributed by atoms with van der Waals surface area (Å²) in [5.41, 5.74) is 13.2. The SMILES string of the molecule is C=C(C)c1ccc(OC(C)OC23CC4CC(CC(C4)C2)C3)cc1.C=C(C)c1ccc(OC(C)OCC23CC4CC(CC(C4)C2)C3)cc1.C=C(C)c1ccc(OC(C)OCCC2CC3CC2C2C4CCC(C4)C32)cc1.C=C(C)c1ccc(OC(C)OCCC2CC3CCC2C3)cc1.C=C(C)c1ccc(OC(C)OCCOc2ccc(Oc3ccccc3)cc2)cc1.C=Cc1ccc(OC(C)OCC23CC4CC(CC(C4)C2)C3)cc1. The molecule has 0 aromatic heterocycles. The van der Waals surface area contributed by atoms with Crippen molar-refractivity contribution >= 4 is 33.9 Å². The van der Waals surface area contributed by atoms with E-state index in [1.165, 1.54) is 173 Å². The lowest BCUT2D eigenvalue weighted by atomic mass is 9.50. The van der Waals surface area contributed by atoms with Gasteiger partial charge in [-0.25, -0.2) is 0 Å². The average Bonchev–Trinajstić information content (AvgIpc) is 1.55. The Morgan fingerprint density at radius 2 is 0.608 bits per heavy atom. The van der Waals surface area contributed by atoms with Gasteiger partial charge in [0, 0.05) is 0 Å². The molecule has 0 amide bonds. The molecule has 0 saturated heterocycles. The van der Waals surface area contributed by atoms with Crippen LogP contribution in [0.4, 0.5) is 0 Å². The van der Waals surface area contributed by atoms with Crippen molar-refractivity contribution in [1.82, 2.24) is 0 Å². The smallest absolute Gasteiger partial charge is 0.197 e. The maximum atomic E-state index is 6.49. The second kappa shape index (κ2) is 49.8. The molecule has 0 heterocycles. The van der Waals surface area contributed by atoms with Crippen LogP contribution in [0.2, 0.25) is 0 Å². The van der Waals surface area contributed by atoms with Crippen molar-refractivity contribution in [2.75, 3.05) is 39.6 Å². The highest BCUT2D eigenvalue weighted by molar-refractivity contribution is 5.65. The molecule has 14 heteroatoms. The molecule has 16 atom stereocenters. The molecule has 18 aliphatic rings. The number of allylic oxidation sites excluding steroid dienone is 5. The highest BCUT2D eigenvalue weighted by atomic mass is 16.7. The van der Waals surface area contributed by atoms with E-state index in [4.69, 9.17) is 66.3 Å². The van der Waals surface area contributed by atoms with Gasteiger partial charge in [0.15, 0.2) is 37.7 Å². The minimum Gasteiger partial charge on any atom is -0.491 e. The maximum Gasteiger partial charge on any atom is 0.197 e. The Balaban J connectivity index is 0.000000116. The number of para-hydroxylation sites is 1. The van der Waals surface area contributed by atoms with Crippen molar-refractivity contribution in [1.29, 1.82) is 0 Å². The summed E-state index contributed by atoms with van der Waals surface area (Å²) in [4.78, 5) is 0. The van der Waals surface area contributed by atoms with E-state index >= 15 is 0 Å². The molecule has 18 bridgehead atoms. The van der Waals surface area contributed by atoms with Gasteiger partial charge in [0.25, 0.3) is 0 Å². The summed E-state index contributed by atoms with van der Waals surface area (Å²) < 4.78 is 83.2. The standard InChI is InChI=1S/C25H26O4.C25H34O2.C22H30O2.2C21H28O2.C20H28O2/c1-19(2)21-9-11-24(12-10-21)28-20(3)26-17-18-27-22-13-15-25(16-14-22)29-23-7-5-4-6-8-23;1-15(2)17-6-8-22(9-7-17)27-16(3)26-11-10-18-12-21-14-23(18)25-20-5-4-19(13-20)24(21)25;1-15(2)20-4-6-21(7-5-20)24-16(3)23-14-22-11-17-8-18(12-22)10-19(9-17)13-22;1-14(2)19-4-6-20(7-5-19)22-15(3)23-21-11-16-8-17(12-21)10-18(9-16)13-21;1-3-16-4-6-20(7-5-16)23-15(2)22-14-21-11-17-8-18(12-21)10-19(9-17)13-21;1-14(2)17-6-8-20(9-7-17)22-15(3)21-11-10-19-13-16-4-5-18(19)12-16/h4-16,20H,1,17-18H2,2-3H3;6-9,16,18-21,23-25H,1,4-5,10-14H2,2-3H3;4-7,16-19H,1,8-14H2,2-3H3;4-7,15-18H,1,8-13H2,2-3H3;3-7,15,17-19H,1,8-14H2,2H3;6-9,15-16,18-19H,1,4-5,10-13H2,2-3H3. The van der Waals surface area contributed by atoms with Crippen molar-refractivity contribution in [3.05, 3.63) is 273 Å². The van der Waals surface area contributed by atoms with E-state index in [-0.39, 0.29) is 43.3 Å². The number of rotatable bonds is 41. The van der Waals surface area contributed by atoms with Gasteiger partial charge in [-0.1, -0.05) is 171 Å². The number of fused-ring (bicyclic) bond motifs is 11. The van der Waals surface area contributed by atoms with E-state index in [1.54, 1.807) is 12.8 Å². The normalized spacial score (nSPS) is 30.5. The second-order valence-corrected chi connectivity index (χ2v) is 48.6. The van der Waals surface area contributed by atoms with Gasteiger partial charge in [-0.3, -0.25) is 0 Å². The molecular formula is C134H174O14. The van der Waals surface area contributed by atoms with Crippen LogP contribution in [0.15, 0.2) is 240 Å². The van der Waals surface area contributed by atoms with Crippen LogP contribution in [-0.4, -0.2) is 83.0 Å². The largest absolute Gasteiger partial charge is 0.491 e. The Morgan fingerprint density at radius 3 is 0.973 bits per heavy atom. The predicted octanol–water partition coefficient (Wildman–Crippen LogP) is 34.2. The molecule has 148 heavy (non-hydrogen) atoms. The second-order valence-electron chi connectivity index (χ2n) is 48.6. The van der Waals surface area contributed by atoms with Crippen molar-refractivity contribution in [2.45, 2.75) is 306 Å². The fourth-order valence-electron chi connectivity index (χ4n) is 31.3. The van der Waals surface area contributed by atoms with E-state index in [9.17, 15) is 0 Å². The molecule has 26 rings (SSSR count). The zero-order chi connectivity index (χ0) is 103. The van der Waals surface area contributed by atoms with E-state index < -0.39 is 0 Å². The number of hydrogen-bond acceptors (Lipinski definition) is 14. The van der Waals surface area contributed by atoms with Gasteiger partial charge < -0.3 is 66.3 Å². The zero-order valence-corrected chi connectivity index (χ0v) is 91.3. The first kappa shape index (κ1) is 108. The van der Waals surface area contributed by atoms with Crippen LogP contribution >= 0.6 is 0 Å². The molecule has 18 fully saturated rings. The zero-order valence-electron chi connectivity index (χ0n) is 91.3. The van der Waals surface area contributed by atoms with Crippen molar-refractivity contribution in [3.63, 3.8) is 0 Å². The first-order valence-corrected chi connectivity index (χ1v) is 57.2. The lowest BCUT2D eigenvalue weighted by Gasteiger charge is -2.56. The minimum atomic E-state index is -0.365. The van der Waals surface area contributed by atoms with E-state index in [1.807, 2.05) is 246 Å². The number of hydrogen-bond donors (Lipinski definition) is 0. The highest BCUT2D eigenvalue weighted by Gasteiger charge is 2.62. The Kier molecular flexibility index (Phi) is 36.4. The van der Waals surface area contributed by atoms with Crippen LogP contribution in [0.1, 0.15) is 296 Å². The molecule has 18 aliphatic carbocycles. The molecule has 8 aromatic carbocycles. The third-order valence-electron chi connectivity index (χ3n) is 36.6. The van der Waals surface area contributed by atoms with Crippen LogP contribution in [0.5, 0.6) is 51.7 Å². The first-order chi connectivity index (χ1) is 71.5. The van der Waals surface area contributed by atoms with Crippen molar-refractivity contribution < 1.29 is 66.3 Å². The van der Waals surface area contributed by atoms with Crippen LogP contribution in [0.3, 0.4) is 0 Å². The third-order valence-corrected chi connectivity index (χ3v) is 36.6. The Hall–Kier alpha value is -9.64. The lowest BCUT2D eigenvalue weighted by Crippen LogP contribution is -2.53. The van der Waals surface area contributed by atoms with Gasteiger partial charge in [-0.2, -0.15) is 0 Å². The molecule has 18 saturated carbocycles. The van der Waals surface area contributed by atoms with Crippen LogP contribution in [0.25, 0.3) is 33.9 Å². The Labute approximate surface area is 888 Å². The summed E-state index contributed by atoms with van der Waals surface area (Å²) in [6.45, 7) is 49.8. The van der Waals surface area contributed by atoms with Crippen molar-refractivity contribution in [2.24, 2.45) is 123 Å². The number of ether oxygens (including phenoxy) is 14. The summed E-state index contributed by atoms with van der Waals surface area (Å²) in [7, 11) is 0.